The highest BCUT2D eigenvalue weighted by atomic mass is 16.2. The van der Waals surface area contributed by atoms with Gasteiger partial charge in [-0.3, -0.25) is 14.9 Å². The zero-order valence-corrected chi connectivity index (χ0v) is 15.4. The number of hydrogen-bond acceptors (Lipinski definition) is 2. The van der Waals surface area contributed by atoms with E-state index in [4.69, 9.17) is 0 Å². The van der Waals surface area contributed by atoms with Crippen molar-refractivity contribution in [2.24, 2.45) is 0 Å². The molecule has 0 aliphatic carbocycles. The second-order valence-corrected chi connectivity index (χ2v) is 6.68. The maximum Gasteiger partial charge on any atom is 0.270 e. The monoisotopic (exact) mass is 355 g/mol. The van der Waals surface area contributed by atoms with Crippen molar-refractivity contribution >= 4 is 22.5 Å². The molecule has 1 heterocycles. The van der Waals surface area contributed by atoms with Crippen molar-refractivity contribution in [2.75, 3.05) is 24.4 Å². The number of para-hydroxylation sites is 1. The summed E-state index contributed by atoms with van der Waals surface area (Å²) in [4.78, 5) is 15.1. The van der Waals surface area contributed by atoms with Gasteiger partial charge in [0, 0.05) is 36.9 Å². The van der Waals surface area contributed by atoms with Crippen LogP contribution in [0, 0.1) is 0 Å². The third-order valence-electron chi connectivity index (χ3n) is 4.67. The number of fused-ring (bicyclic) bond motifs is 1. The molecule has 0 radical (unpaired) electrons. The number of nitrogens with one attached hydrogen (secondary N) is 1. The van der Waals surface area contributed by atoms with Gasteiger partial charge in [-0.25, -0.2) is 0 Å². The first-order valence-electron chi connectivity index (χ1n) is 8.88. The van der Waals surface area contributed by atoms with Crippen LogP contribution >= 0.6 is 0 Å². The molecule has 1 amide bonds. The minimum atomic E-state index is -0.138. The molecule has 0 bridgehead atoms. The van der Waals surface area contributed by atoms with Crippen molar-refractivity contribution in [1.29, 1.82) is 0 Å². The predicted octanol–water partition coefficient (Wildman–Crippen LogP) is 4.76. The van der Waals surface area contributed by atoms with Crippen molar-refractivity contribution in [3.05, 3.63) is 90.6 Å². The van der Waals surface area contributed by atoms with Crippen LogP contribution in [-0.2, 0) is 0 Å². The molecule has 0 atom stereocenters. The molecule has 0 unspecified atom stereocenters. The first-order chi connectivity index (χ1) is 13.1. The number of carbonyl (C=O) groups is 1. The van der Waals surface area contributed by atoms with Gasteiger partial charge in [-0.15, -0.1) is 0 Å². The van der Waals surface area contributed by atoms with Gasteiger partial charge < -0.3 is 4.90 Å². The van der Waals surface area contributed by atoms with Gasteiger partial charge in [0.1, 0.15) is 0 Å². The topological polar surface area (TPSA) is 37.3 Å². The van der Waals surface area contributed by atoms with Gasteiger partial charge >= 0.3 is 0 Å². The largest absolute Gasteiger partial charge is 0.378 e. The SMILES string of the molecule is CN(C)c1ccc(C(=O)Nn2ccc3ccccc32)c(-c2ccccc2)c1. The lowest BCUT2D eigenvalue weighted by Crippen LogP contribution is -2.22. The van der Waals surface area contributed by atoms with E-state index in [0.29, 0.717) is 5.56 Å². The van der Waals surface area contributed by atoms with E-state index in [2.05, 4.69) is 11.5 Å². The van der Waals surface area contributed by atoms with Gasteiger partial charge in [0.2, 0.25) is 0 Å². The highest BCUT2D eigenvalue weighted by Crippen LogP contribution is 2.28. The van der Waals surface area contributed by atoms with E-state index in [-0.39, 0.29) is 5.91 Å². The summed E-state index contributed by atoms with van der Waals surface area (Å²) < 4.78 is 1.77. The maximum absolute atomic E-state index is 13.1. The standard InChI is InChI=1S/C23H21N3O/c1-25(2)19-12-13-20(21(16-19)17-8-4-3-5-9-17)23(27)24-26-15-14-18-10-6-7-11-22(18)26/h3-16H,1-2H3,(H,24,27). The first kappa shape index (κ1) is 16.9. The Labute approximate surface area is 158 Å². The van der Waals surface area contributed by atoms with Crippen molar-refractivity contribution in [3.63, 3.8) is 0 Å². The lowest BCUT2D eigenvalue weighted by Gasteiger charge is -2.17. The smallest absolute Gasteiger partial charge is 0.270 e. The van der Waals surface area contributed by atoms with E-state index < -0.39 is 0 Å². The van der Waals surface area contributed by atoms with Crippen LogP contribution in [0.25, 0.3) is 22.0 Å². The Morgan fingerprint density at radius 2 is 1.63 bits per heavy atom. The number of benzene rings is 3. The normalized spacial score (nSPS) is 10.7. The number of hydrogen-bond donors (Lipinski definition) is 1. The molecule has 27 heavy (non-hydrogen) atoms. The molecule has 1 aromatic heterocycles. The van der Waals surface area contributed by atoms with Crippen LogP contribution in [0.3, 0.4) is 0 Å². The Morgan fingerprint density at radius 1 is 0.889 bits per heavy atom. The Bertz CT molecular complexity index is 1100. The predicted molar refractivity (Wildman–Crippen MR) is 112 cm³/mol. The van der Waals surface area contributed by atoms with E-state index in [1.54, 1.807) is 4.68 Å². The molecule has 0 fully saturated rings. The molecule has 1 N–H and O–H groups in total. The van der Waals surface area contributed by atoms with E-state index in [9.17, 15) is 4.79 Å². The quantitative estimate of drug-likeness (QED) is 0.573. The van der Waals surface area contributed by atoms with Crippen molar-refractivity contribution in [1.82, 2.24) is 4.68 Å². The molecule has 0 aliphatic rings. The molecular weight excluding hydrogens is 334 g/mol. The minimum Gasteiger partial charge on any atom is -0.378 e. The molecule has 4 rings (SSSR count). The highest BCUT2D eigenvalue weighted by Gasteiger charge is 2.15. The molecule has 134 valence electrons. The zero-order chi connectivity index (χ0) is 18.8. The van der Waals surface area contributed by atoms with Crippen LogP contribution in [0.5, 0.6) is 0 Å². The Balaban J connectivity index is 1.75. The van der Waals surface area contributed by atoms with E-state index in [0.717, 1.165) is 27.7 Å². The summed E-state index contributed by atoms with van der Waals surface area (Å²) in [5.74, 6) is -0.138. The lowest BCUT2D eigenvalue weighted by molar-refractivity contribution is 0.101. The van der Waals surface area contributed by atoms with Crippen molar-refractivity contribution in [2.45, 2.75) is 0 Å². The number of rotatable bonds is 4. The number of anilines is 1. The zero-order valence-electron chi connectivity index (χ0n) is 15.4. The van der Waals surface area contributed by atoms with E-state index in [1.165, 1.54) is 0 Å². The third-order valence-corrected chi connectivity index (χ3v) is 4.67. The number of aromatic nitrogens is 1. The van der Waals surface area contributed by atoms with E-state index in [1.807, 2.05) is 98.0 Å². The van der Waals surface area contributed by atoms with Gasteiger partial charge in [-0.2, -0.15) is 0 Å². The number of nitrogens with zero attached hydrogens (tertiary/aromatic N) is 2. The van der Waals surface area contributed by atoms with Gasteiger partial charge in [0.15, 0.2) is 0 Å². The van der Waals surface area contributed by atoms with Crippen LogP contribution in [0.1, 0.15) is 10.4 Å². The second kappa shape index (κ2) is 7.00. The molecule has 3 aromatic carbocycles. The van der Waals surface area contributed by atoms with Gasteiger partial charge in [0.25, 0.3) is 5.91 Å². The third kappa shape index (κ3) is 3.29. The summed E-state index contributed by atoms with van der Waals surface area (Å²) in [6.07, 6.45) is 1.87. The highest BCUT2D eigenvalue weighted by molar-refractivity contribution is 6.06. The van der Waals surface area contributed by atoms with E-state index >= 15 is 0 Å². The van der Waals surface area contributed by atoms with Crippen LogP contribution in [0.4, 0.5) is 5.69 Å². The molecule has 0 spiro atoms. The number of amides is 1. The van der Waals surface area contributed by atoms with Gasteiger partial charge in [-0.05, 0) is 41.5 Å². The molecule has 4 nitrogen and oxygen atoms in total. The van der Waals surface area contributed by atoms with Gasteiger partial charge in [0.05, 0.1) is 5.52 Å². The van der Waals surface area contributed by atoms with Crippen LogP contribution in [0.15, 0.2) is 85.1 Å². The van der Waals surface area contributed by atoms with Gasteiger partial charge in [-0.1, -0.05) is 48.5 Å². The first-order valence-corrected chi connectivity index (χ1v) is 8.88. The summed E-state index contributed by atoms with van der Waals surface area (Å²) in [6.45, 7) is 0. The Kier molecular flexibility index (Phi) is 4.38. The van der Waals surface area contributed by atoms with Crippen molar-refractivity contribution < 1.29 is 4.79 Å². The average Bonchev–Trinajstić information content (AvgIpc) is 3.11. The van der Waals surface area contributed by atoms with Crippen LogP contribution < -0.4 is 10.3 Å². The summed E-state index contributed by atoms with van der Waals surface area (Å²) in [6, 6.07) is 25.9. The molecule has 4 heteroatoms. The lowest BCUT2D eigenvalue weighted by atomic mass is 9.98. The molecule has 0 aliphatic heterocycles. The average molecular weight is 355 g/mol. The summed E-state index contributed by atoms with van der Waals surface area (Å²) >= 11 is 0. The molecule has 0 saturated carbocycles. The van der Waals surface area contributed by atoms with Crippen LogP contribution in [-0.4, -0.2) is 24.7 Å². The maximum atomic E-state index is 13.1. The minimum absolute atomic E-state index is 0.138. The second-order valence-electron chi connectivity index (χ2n) is 6.68. The fraction of sp³-hybridized carbons (Fsp3) is 0.0870. The Morgan fingerprint density at radius 3 is 2.41 bits per heavy atom. The molecular formula is C23H21N3O. The van der Waals surface area contributed by atoms with Crippen molar-refractivity contribution in [3.8, 4) is 11.1 Å². The molecule has 0 saturated heterocycles. The fourth-order valence-electron chi connectivity index (χ4n) is 3.22. The summed E-state index contributed by atoms with van der Waals surface area (Å²) in [5, 5.41) is 1.09. The van der Waals surface area contributed by atoms with Crippen LogP contribution in [0.2, 0.25) is 0 Å². The Hall–Kier alpha value is -3.53. The summed E-state index contributed by atoms with van der Waals surface area (Å²) in [7, 11) is 3.99. The summed E-state index contributed by atoms with van der Waals surface area (Å²) in [5.41, 5.74) is 7.60. The molecule has 4 aromatic rings. The number of carbonyl (C=O) groups excluding carboxylic acids is 1. The fourth-order valence-corrected chi connectivity index (χ4v) is 3.22.